The zero-order valence-electron chi connectivity index (χ0n) is 11.9. The van der Waals surface area contributed by atoms with Gasteiger partial charge < -0.3 is 9.47 Å². The van der Waals surface area contributed by atoms with Gasteiger partial charge in [-0.15, -0.1) is 11.3 Å². The molecule has 0 fully saturated rings. The Morgan fingerprint density at radius 2 is 1.71 bits per heavy atom. The van der Waals surface area contributed by atoms with Gasteiger partial charge in [-0.2, -0.15) is 0 Å². The molecule has 0 saturated carbocycles. The molecule has 2 rings (SSSR count). The van der Waals surface area contributed by atoms with Crippen LogP contribution in [0.1, 0.15) is 33.9 Å². The fourth-order valence-corrected chi connectivity index (χ4v) is 2.71. The summed E-state index contributed by atoms with van der Waals surface area (Å²) in [6.45, 7) is 4.24. The summed E-state index contributed by atoms with van der Waals surface area (Å²) in [6.07, 6.45) is 0. The van der Waals surface area contributed by atoms with Crippen LogP contribution in [-0.4, -0.2) is 25.2 Å². The summed E-state index contributed by atoms with van der Waals surface area (Å²) < 4.78 is 9.95. The molecule has 0 bridgehead atoms. The Kier molecular flexibility index (Phi) is 5.11. The van der Waals surface area contributed by atoms with Crippen LogP contribution in [0.4, 0.5) is 0 Å². The molecule has 0 aliphatic heterocycles. The number of hydrogen-bond acceptors (Lipinski definition) is 5. The zero-order valence-corrected chi connectivity index (χ0v) is 12.7. The zero-order chi connectivity index (χ0) is 15.2. The number of hydrogen-bond donors (Lipinski definition) is 0. The normalized spacial score (nSPS) is 10.2. The Labute approximate surface area is 127 Å². The van der Waals surface area contributed by atoms with Crippen LogP contribution in [0.2, 0.25) is 0 Å². The van der Waals surface area contributed by atoms with Crippen LogP contribution in [-0.2, 0) is 9.47 Å². The first-order chi connectivity index (χ1) is 10.2. The second-order valence-corrected chi connectivity index (χ2v) is 5.27. The van der Waals surface area contributed by atoms with Gasteiger partial charge in [0.25, 0.3) is 0 Å². The van der Waals surface area contributed by atoms with E-state index in [0.717, 1.165) is 10.4 Å². The molecule has 110 valence electrons. The van der Waals surface area contributed by atoms with E-state index in [1.54, 1.807) is 38.1 Å². The van der Waals surface area contributed by atoms with Crippen molar-refractivity contribution in [2.45, 2.75) is 13.8 Å². The van der Waals surface area contributed by atoms with Crippen LogP contribution in [0.15, 0.2) is 36.4 Å². The summed E-state index contributed by atoms with van der Waals surface area (Å²) in [5.74, 6) is -0.670. The average Bonchev–Trinajstić information content (AvgIpc) is 2.98. The van der Waals surface area contributed by atoms with Crippen molar-refractivity contribution >= 4 is 23.3 Å². The Hall–Kier alpha value is -2.14. The highest BCUT2D eigenvalue weighted by atomic mass is 32.1. The summed E-state index contributed by atoms with van der Waals surface area (Å²) in [6, 6.07) is 10.7. The molecule has 0 radical (unpaired) electrons. The van der Waals surface area contributed by atoms with Crippen LogP contribution in [0.25, 0.3) is 10.4 Å². The largest absolute Gasteiger partial charge is 0.462 e. The fraction of sp³-hybridized carbons (Fsp3) is 0.250. The lowest BCUT2D eigenvalue weighted by atomic mass is 10.1. The predicted molar refractivity (Wildman–Crippen MR) is 81.7 cm³/mol. The van der Waals surface area contributed by atoms with Gasteiger partial charge in [0.1, 0.15) is 4.88 Å². The molecule has 2 aromatic rings. The predicted octanol–water partition coefficient (Wildman–Crippen LogP) is 3.77. The summed E-state index contributed by atoms with van der Waals surface area (Å²) in [5.41, 5.74) is 1.38. The lowest BCUT2D eigenvalue weighted by molar-refractivity contribution is 0.0519. The monoisotopic (exact) mass is 304 g/mol. The van der Waals surface area contributed by atoms with E-state index in [-0.39, 0.29) is 11.9 Å². The van der Waals surface area contributed by atoms with Gasteiger partial charge in [0.2, 0.25) is 0 Å². The van der Waals surface area contributed by atoms with E-state index in [4.69, 9.17) is 9.47 Å². The van der Waals surface area contributed by atoms with Gasteiger partial charge in [-0.25, -0.2) is 9.59 Å². The molecule has 0 spiro atoms. The SMILES string of the molecule is CCOC(=O)c1cccc(-c2ccc(C(=O)OCC)s2)c1. The molecule has 5 heteroatoms. The lowest BCUT2D eigenvalue weighted by Crippen LogP contribution is -2.04. The van der Waals surface area contributed by atoms with Crippen LogP contribution in [0.5, 0.6) is 0 Å². The Morgan fingerprint density at radius 1 is 1.00 bits per heavy atom. The van der Waals surface area contributed by atoms with Gasteiger partial charge in [-0.05, 0) is 43.7 Å². The first kappa shape index (κ1) is 15.3. The summed E-state index contributed by atoms with van der Waals surface area (Å²) in [7, 11) is 0. The summed E-state index contributed by atoms with van der Waals surface area (Å²) >= 11 is 1.34. The van der Waals surface area contributed by atoms with E-state index >= 15 is 0 Å². The first-order valence-corrected chi connectivity index (χ1v) is 7.51. The minimum Gasteiger partial charge on any atom is -0.462 e. The maximum Gasteiger partial charge on any atom is 0.348 e. The van der Waals surface area contributed by atoms with Crippen molar-refractivity contribution < 1.29 is 19.1 Å². The topological polar surface area (TPSA) is 52.6 Å². The molecule has 0 N–H and O–H groups in total. The maximum atomic E-state index is 11.7. The number of benzene rings is 1. The Balaban J connectivity index is 2.24. The molecule has 0 atom stereocenters. The van der Waals surface area contributed by atoms with E-state index in [9.17, 15) is 9.59 Å². The highest BCUT2D eigenvalue weighted by Gasteiger charge is 2.12. The van der Waals surface area contributed by atoms with Gasteiger partial charge >= 0.3 is 11.9 Å². The van der Waals surface area contributed by atoms with Gasteiger partial charge in [0.15, 0.2) is 0 Å². The van der Waals surface area contributed by atoms with Gasteiger partial charge in [-0.3, -0.25) is 0 Å². The third-order valence-corrected chi connectivity index (χ3v) is 3.86. The van der Waals surface area contributed by atoms with Crippen molar-refractivity contribution in [3.05, 3.63) is 46.8 Å². The minimum atomic E-state index is -0.346. The number of ether oxygens (including phenoxy) is 2. The molecule has 0 amide bonds. The molecule has 4 nitrogen and oxygen atoms in total. The quantitative estimate of drug-likeness (QED) is 0.789. The molecule has 1 heterocycles. The van der Waals surface area contributed by atoms with Crippen molar-refractivity contribution in [2.75, 3.05) is 13.2 Å². The first-order valence-electron chi connectivity index (χ1n) is 6.70. The third kappa shape index (κ3) is 3.70. The molecular formula is C16H16O4S. The van der Waals surface area contributed by atoms with E-state index in [2.05, 4.69) is 0 Å². The number of carbonyl (C=O) groups is 2. The number of esters is 2. The van der Waals surface area contributed by atoms with Gasteiger partial charge in [0, 0.05) is 4.88 Å². The molecule has 0 aliphatic carbocycles. The highest BCUT2D eigenvalue weighted by Crippen LogP contribution is 2.29. The van der Waals surface area contributed by atoms with E-state index in [1.165, 1.54) is 11.3 Å². The number of rotatable bonds is 5. The fourth-order valence-electron chi connectivity index (χ4n) is 1.82. The highest BCUT2D eigenvalue weighted by molar-refractivity contribution is 7.17. The molecule has 0 saturated heterocycles. The van der Waals surface area contributed by atoms with Crippen LogP contribution >= 0.6 is 11.3 Å². The average molecular weight is 304 g/mol. The van der Waals surface area contributed by atoms with Crippen molar-refractivity contribution in [1.29, 1.82) is 0 Å². The number of thiophene rings is 1. The molecule has 1 aromatic carbocycles. The molecule has 21 heavy (non-hydrogen) atoms. The Bertz CT molecular complexity index is 645. The Morgan fingerprint density at radius 3 is 2.43 bits per heavy atom. The van der Waals surface area contributed by atoms with Crippen LogP contribution in [0.3, 0.4) is 0 Å². The van der Waals surface area contributed by atoms with Gasteiger partial charge in [-0.1, -0.05) is 12.1 Å². The third-order valence-electron chi connectivity index (χ3n) is 2.74. The molecular weight excluding hydrogens is 288 g/mol. The van der Waals surface area contributed by atoms with Crippen molar-refractivity contribution in [3.63, 3.8) is 0 Å². The standard InChI is InChI=1S/C16H16O4S/c1-3-19-15(17)12-7-5-6-11(10-12)13-8-9-14(21-13)16(18)20-4-2/h5-10H,3-4H2,1-2H3. The molecule has 1 aromatic heterocycles. The lowest BCUT2D eigenvalue weighted by Gasteiger charge is -2.03. The summed E-state index contributed by atoms with van der Waals surface area (Å²) in [5, 5.41) is 0. The van der Waals surface area contributed by atoms with Crippen LogP contribution in [0, 0.1) is 0 Å². The second kappa shape index (κ2) is 7.04. The smallest absolute Gasteiger partial charge is 0.348 e. The molecule has 0 unspecified atom stereocenters. The van der Waals surface area contributed by atoms with Crippen molar-refractivity contribution in [3.8, 4) is 10.4 Å². The van der Waals surface area contributed by atoms with E-state index in [0.29, 0.717) is 23.7 Å². The van der Waals surface area contributed by atoms with Crippen molar-refractivity contribution in [2.24, 2.45) is 0 Å². The second-order valence-electron chi connectivity index (χ2n) is 4.19. The van der Waals surface area contributed by atoms with E-state index < -0.39 is 0 Å². The van der Waals surface area contributed by atoms with E-state index in [1.807, 2.05) is 12.1 Å². The summed E-state index contributed by atoms with van der Waals surface area (Å²) in [4.78, 5) is 24.9. The van der Waals surface area contributed by atoms with Crippen molar-refractivity contribution in [1.82, 2.24) is 0 Å². The van der Waals surface area contributed by atoms with Gasteiger partial charge in [0.05, 0.1) is 18.8 Å². The minimum absolute atomic E-state index is 0.324. The maximum absolute atomic E-state index is 11.7. The molecule has 0 aliphatic rings. The number of carbonyl (C=O) groups excluding carboxylic acids is 2. The van der Waals surface area contributed by atoms with Crippen LogP contribution < -0.4 is 0 Å².